The fourth-order valence-electron chi connectivity index (χ4n) is 5.74. The third kappa shape index (κ3) is 7.71. The summed E-state index contributed by atoms with van der Waals surface area (Å²) in [5.41, 5.74) is 6.20. The second kappa shape index (κ2) is 15.0. The predicted octanol–water partition coefficient (Wildman–Crippen LogP) is 6.12. The van der Waals surface area contributed by atoms with E-state index in [0.717, 1.165) is 32.7 Å². The molecular weight excluding hydrogens is 600 g/mol. The fraction of sp³-hybridized carbons (Fsp3) is 0.250. The number of hydrogen-bond donors (Lipinski definition) is 3. The van der Waals surface area contributed by atoms with Crippen molar-refractivity contribution in [1.29, 1.82) is 0 Å². The minimum Gasteiger partial charge on any atom is -0.463 e. The molecule has 3 N–H and O–H groups in total. The summed E-state index contributed by atoms with van der Waals surface area (Å²) >= 11 is 1.58. The molecule has 1 aliphatic heterocycles. The van der Waals surface area contributed by atoms with Gasteiger partial charge in [-0.2, -0.15) is 0 Å². The minimum absolute atomic E-state index is 0.0797. The summed E-state index contributed by atoms with van der Waals surface area (Å²) in [4.78, 5) is 30.9. The molecule has 5 aromatic rings. The van der Waals surface area contributed by atoms with E-state index in [4.69, 9.17) is 14.2 Å². The SMILES string of the molecule is COC(=O)N[C@H](C(=O)Nc1ccccc1CC[C@@H]1CNCC(Oc2ccc3ncsc3c2)O1)C(c1ccccc1)c1ccccc1. The molecule has 1 aliphatic rings. The molecule has 2 amide bonds. The summed E-state index contributed by atoms with van der Waals surface area (Å²) in [5.74, 6) is -0.0571. The lowest BCUT2D eigenvalue weighted by molar-refractivity contribution is -0.137. The van der Waals surface area contributed by atoms with E-state index < -0.39 is 24.3 Å². The van der Waals surface area contributed by atoms with Gasteiger partial charge in [-0.05, 0) is 53.8 Å². The average Bonchev–Trinajstić information content (AvgIpc) is 3.57. The van der Waals surface area contributed by atoms with Gasteiger partial charge in [0, 0.05) is 18.2 Å². The van der Waals surface area contributed by atoms with Crippen LogP contribution in [0.5, 0.6) is 5.75 Å². The zero-order chi connectivity index (χ0) is 31.7. The molecule has 1 unspecified atom stereocenters. The Morgan fingerprint density at radius 3 is 2.41 bits per heavy atom. The van der Waals surface area contributed by atoms with Gasteiger partial charge in [0.05, 0.1) is 35.5 Å². The lowest BCUT2D eigenvalue weighted by Crippen LogP contribution is -2.48. The lowest BCUT2D eigenvalue weighted by atomic mass is 9.84. The number of rotatable bonds is 11. The van der Waals surface area contributed by atoms with Gasteiger partial charge in [0.15, 0.2) is 0 Å². The molecule has 0 aliphatic carbocycles. The van der Waals surface area contributed by atoms with Crippen LogP contribution >= 0.6 is 11.3 Å². The number of thiazole rings is 1. The quantitative estimate of drug-likeness (QED) is 0.160. The minimum atomic E-state index is -0.946. The highest BCUT2D eigenvalue weighted by Crippen LogP contribution is 2.30. The number of carbonyl (C=O) groups excluding carboxylic acids is 2. The number of ether oxygens (including phenoxy) is 3. The number of nitrogens with one attached hydrogen (secondary N) is 3. The summed E-state index contributed by atoms with van der Waals surface area (Å²) in [6.45, 7) is 1.28. The van der Waals surface area contributed by atoms with Crippen molar-refractivity contribution in [2.24, 2.45) is 0 Å². The van der Waals surface area contributed by atoms with E-state index in [2.05, 4.69) is 20.9 Å². The molecule has 46 heavy (non-hydrogen) atoms. The molecule has 1 fully saturated rings. The van der Waals surface area contributed by atoms with Crippen LogP contribution < -0.4 is 20.7 Å². The first kappa shape index (κ1) is 31.2. The number of amides is 2. The molecule has 10 heteroatoms. The first-order valence-electron chi connectivity index (χ1n) is 15.3. The Morgan fingerprint density at radius 2 is 1.67 bits per heavy atom. The van der Waals surface area contributed by atoms with Crippen molar-refractivity contribution < 1.29 is 23.8 Å². The van der Waals surface area contributed by atoms with Crippen LogP contribution in [0.4, 0.5) is 10.5 Å². The molecule has 1 saturated heterocycles. The third-order valence-corrected chi connectivity index (χ3v) is 8.79. The second-order valence-corrected chi connectivity index (χ2v) is 11.9. The van der Waals surface area contributed by atoms with E-state index in [-0.39, 0.29) is 12.0 Å². The van der Waals surface area contributed by atoms with Gasteiger partial charge in [0.25, 0.3) is 0 Å². The Morgan fingerprint density at radius 1 is 0.957 bits per heavy atom. The molecule has 0 radical (unpaired) electrons. The largest absolute Gasteiger partial charge is 0.463 e. The monoisotopic (exact) mass is 636 g/mol. The van der Waals surface area contributed by atoms with E-state index >= 15 is 0 Å². The maximum absolute atomic E-state index is 14.1. The van der Waals surface area contributed by atoms with E-state index in [1.807, 2.05) is 109 Å². The number of fused-ring (bicyclic) bond motifs is 1. The van der Waals surface area contributed by atoms with Crippen LogP contribution in [0, 0.1) is 0 Å². The van der Waals surface area contributed by atoms with Gasteiger partial charge in [0.2, 0.25) is 12.2 Å². The number of carbonyl (C=O) groups is 2. The third-order valence-electron chi connectivity index (χ3n) is 8.00. The average molecular weight is 637 g/mol. The number of methoxy groups -OCH3 is 1. The van der Waals surface area contributed by atoms with E-state index in [1.54, 1.807) is 11.3 Å². The number of para-hydroxylation sites is 1. The Kier molecular flexibility index (Phi) is 10.2. The Hall–Kier alpha value is -4.77. The van der Waals surface area contributed by atoms with Crippen LogP contribution in [-0.2, 0) is 20.7 Å². The van der Waals surface area contributed by atoms with Crippen molar-refractivity contribution in [1.82, 2.24) is 15.6 Å². The summed E-state index contributed by atoms with van der Waals surface area (Å²) in [6, 6.07) is 32.0. The molecule has 0 bridgehead atoms. The predicted molar refractivity (Wildman–Crippen MR) is 179 cm³/mol. The van der Waals surface area contributed by atoms with Gasteiger partial charge in [-0.3, -0.25) is 4.79 Å². The first-order chi connectivity index (χ1) is 22.6. The number of anilines is 1. The normalized spacial score (nSPS) is 16.9. The molecule has 9 nitrogen and oxygen atoms in total. The molecule has 0 spiro atoms. The molecule has 0 saturated carbocycles. The second-order valence-electron chi connectivity index (χ2n) is 11.0. The standard InChI is InChI=1S/C36H36N4O5S/c1-43-36(42)40-34(33(25-11-4-2-5-12-25)26-13-6-3-7-14-26)35(41)39-29-15-9-8-10-24(29)16-17-28-21-37-22-32(45-28)44-27-18-19-30-31(20-27)46-23-38-30/h2-15,18-20,23,28,32-34,37H,16-17,21-22H2,1H3,(H,39,41)(H,40,42)/t28-,32?,34+/m1/s1. The molecule has 3 atom stereocenters. The number of aryl methyl sites for hydroxylation is 1. The molecule has 236 valence electrons. The summed E-state index contributed by atoms with van der Waals surface area (Å²) in [7, 11) is 1.29. The van der Waals surface area contributed by atoms with Crippen LogP contribution in [0.2, 0.25) is 0 Å². The van der Waals surface area contributed by atoms with Gasteiger partial charge in [-0.15, -0.1) is 11.3 Å². The van der Waals surface area contributed by atoms with Crippen molar-refractivity contribution in [3.63, 3.8) is 0 Å². The van der Waals surface area contributed by atoms with Gasteiger partial charge in [0.1, 0.15) is 11.8 Å². The summed E-state index contributed by atoms with van der Waals surface area (Å²) < 4.78 is 18.5. The van der Waals surface area contributed by atoms with Gasteiger partial charge < -0.3 is 30.2 Å². The zero-order valence-corrected chi connectivity index (χ0v) is 26.2. The van der Waals surface area contributed by atoms with Crippen LogP contribution in [-0.4, -0.2) is 55.6 Å². The Bertz CT molecular complexity index is 1710. The number of benzene rings is 4. The molecule has 6 rings (SSSR count). The van der Waals surface area contributed by atoms with Crippen molar-refractivity contribution in [3.05, 3.63) is 125 Å². The first-order valence-corrected chi connectivity index (χ1v) is 16.1. The molecule has 1 aromatic heterocycles. The van der Waals surface area contributed by atoms with Crippen molar-refractivity contribution >= 4 is 39.2 Å². The van der Waals surface area contributed by atoms with Crippen LogP contribution in [0.25, 0.3) is 10.2 Å². The maximum atomic E-state index is 14.1. The number of morpholine rings is 1. The number of aromatic nitrogens is 1. The van der Waals surface area contributed by atoms with Crippen molar-refractivity contribution in [2.45, 2.75) is 37.2 Å². The van der Waals surface area contributed by atoms with Crippen LogP contribution in [0.15, 0.2) is 109 Å². The van der Waals surface area contributed by atoms with Crippen molar-refractivity contribution in [3.8, 4) is 5.75 Å². The highest BCUT2D eigenvalue weighted by molar-refractivity contribution is 7.16. The zero-order valence-electron chi connectivity index (χ0n) is 25.4. The van der Waals surface area contributed by atoms with Gasteiger partial charge in [-0.1, -0.05) is 78.9 Å². The fourth-order valence-corrected chi connectivity index (χ4v) is 6.45. The van der Waals surface area contributed by atoms with E-state index in [9.17, 15) is 9.59 Å². The summed E-state index contributed by atoms with van der Waals surface area (Å²) in [6.07, 6.45) is 0.198. The number of alkyl carbamates (subject to hydrolysis) is 1. The molecule has 4 aromatic carbocycles. The van der Waals surface area contributed by atoms with E-state index in [1.165, 1.54) is 7.11 Å². The summed E-state index contributed by atoms with van der Waals surface area (Å²) in [5, 5.41) is 9.33. The van der Waals surface area contributed by atoms with Gasteiger partial charge >= 0.3 is 6.09 Å². The maximum Gasteiger partial charge on any atom is 0.407 e. The topological polar surface area (TPSA) is 111 Å². The number of hydrogen-bond acceptors (Lipinski definition) is 8. The molecular formula is C36H36N4O5S. The highest BCUT2D eigenvalue weighted by atomic mass is 32.1. The van der Waals surface area contributed by atoms with Crippen LogP contribution in [0.3, 0.4) is 0 Å². The number of nitrogens with zero attached hydrogens (tertiary/aromatic N) is 1. The lowest BCUT2D eigenvalue weighted by Gasteiger charge is -2.31. The smallest absolute Gasteiger partial charge is 0.407 e. The van der Waals surface area contributed by atoms with Crippen molar-refractivity contribution in [2.75, 3.05) is 25.5 Å². The van der Waals surface area contributed by atoms with Gasteiger partial charge in [-0.25, -0.2) is 9.78 Å². The van der Waals surface area contributed by atoms with E-state index in [0.29, 0.717) is 31.6 Å². The van der Waals surface area contributed by atoms with Crippen LogP contribution in [0.1, 0.15) is 29.0 Å². The Balaban J connectivity index is 1.15. The molecule has 2 heterocycles. The highest BCUT2D eigenvalue weighted by Gasteiger charge is 2.33. The Labute approximate surface area is 271 Å².